The van der Waals surface area contributed by atoms with Gasteiger partial charge in [-0.1, -0.05) is 41.7 Å². The van der Waals surface area contributed by atoms with Crippen LogP contribution in [0.2, 0.25) is 0 Å². The normalized spacial score (nSPS) is 13.1. The van der Waals surface area contributed by atoms with Gasteiger partial charge in [-0.25, -0.2) is 0 Å². The van der Waals surface area contributed by atoms with E-state index < -0.39 is 0 Å². The van der Waals surface area contributed by atoms with Gasteiger partial charge in [-0.15, -0.1) is 0 Å². The highest BCUT2D eigenvalue weighted by atomic mass is 32.2. The first-order valence-corrected chi connectivity index (χ1v) is 6.93. The van der Waals surface area contributed by atoms with E-state index in [1.807, 2.05) is 23.5 Å². The van der Waals surface area contributed by atoms with E-state index in [1.165, 1.54) is 30.7 Å². The van der Waals surface area contributed by atoms with Gasteiger partial charge in [-0.05, 0) is 43.2 Å². The lowest BCUT2D eigenvalue weighted by atomic mass is 10.2. The lowest BCUT2D eigenvalue weighted by Crippen LogP contribution is -1.92. The molecule has 1 heterocycles. The second-order valence-corrected chi connectivity index (χ2v) is 6.19. The summed E-state index contributed by atoms with van der Waals surface area (Å²) in [7, 11) is 0. The van der Waals surface area contributed by atoms with E-state index in [-0.39, 0.29) is 0 Å². The maximum absolute atomic E-state index is 2.28. The third kappa shape index (κ3) is 1.66. The predicted octanol–water partition coefficient (Wildman–Crippen LogP) is 4.92. The Bertz CT molecular complexity index is 559. The third-order valence-electron chi connectivity index (χ3n) is 2.71. The molecule has 0 amide bonds. The van der Waals surface area contributed by atoms with Crippen molar-refractivity contribution in [2.24, 2.45) is 0 Å². The molecule has 0 nitrogen and oxygen atoms in total. The van der Waals surface area contributed by atoms with Crippen LogP contribution in [-0.4, -0.2) is 0 Å². The van der Waals surface area contributed by atoms with Crippen LogP contribution in [0.3, 0.4) is 0 Å². The summed E-state index contributed by atoms with van der Waals surface area (Å²) in [5.74, 6) is 0. The SMILES string of the molecule is Cc1ccc2c(c1)Sc1cccc(C)c1S2. The quantitative estimate of drug-likeness (QED) is 0.550. The zero-order chi connectivity index (χ0) is 11.1. The number of benzene rings is 2. The van der Waals surface area contributed by atoms with Crippen LogP contribution in [0.5, 0.6) is 0 Å². The largest absolute Gasteiger partial charge is 0.0877 e. The lowest BCUT2D eigenvalue weighted by molar-refractivity contribution is 1.11. The van der Waals surface area contributed by atoms with Gasteiger partial charge < -0.3 is 0 Å². The van der Waals surface area contributed by atoms with Crippen LogP contribution >= 0.6 is 23.5 Å². The summed E-state index contributed by atoms with van der Waals surface area (Å²) in [5, 5.41) is 0. The topological polar surface area (TPSA) is 0 Å². The van der Waals surface area contributed by atoms with E-state index in [1.54, 1.807) is 0 Å². The molecular weight excluding hydrogens is 232 g/mol. The maximum atomic E-state index is 2.28. The highest BCUT2D eigenvalue weighted by Gasteiger charge is 2.17. The van der Waals surface area contributed by atoms with Crippen LogP contribution in [0.15, 0.2) is 56.0 Å². The van der Waals surface area contributed by atoms with Crippen LogP contribution in [0, 0.1) is 13.8 Å². The average Bonchev–Trinajstić information content (AvgIpc) is 2.27. The number of aryl methyl sites for hydroxylation is 2. The summed E-state index contributed by atoms with van der Waals surface area (Å²) in [6.45, 7) is 4.34. The molecule has 0 unspecified atom stereocenters. The van der Waals surface area contributed by atoms with Gasteiger partial charge in [0.05, 0.1) is 0 Å². The first kappa shape index (κ1) is 10.3. The van der Waals surface area contributed by atoms with Crippen molar-refractivity contribution in [3.63, 3.8) is 0 Å². The molecule has 2 heteroatoms. The fraction of sp³-hybridized carbons (Fsp3) is 0.143. The number of rotatable bonds is 0. The molecule has 16 heavy (non-hydrogen) atoms. The zero-order valence-corrected chi connectivity index (χ0v) is 10.9. The Balaban J connectivity index is 2.13. The van der Waals surface area contributed by atoms with E-state index in [9.17, 15) is 0 Å². The van der Waals surface area contributed by atoms with E-state index >= 15 is 0 Å². The highest BCUT2D eigenvalue weighted by molar-refractivity contribution is 8.05. The lowest BCUT2D eigenvalue weighted by Gasteiger charge is -2.20. The monoisotopic (exact) mass is 244 g/mol. The smallest absolute Gasteiger partial charge is 0.0291 e. The van der Waals surface area contributed by atoms with E-state index in [0.717, 1.165) is 0 Å². The Morgan fingerprint density at radius 2 is 1.69 bits per heavy atom. The molecule has 0 spiro atoms. The highest BCUT2D eigenvalue weighted by Crippen LogP contribution is 2.49. The molecule has 1 aliphatic heterocycles. The van der Waals surface area contributed by atoms with Gasteiger partial charge >= 0.3 is 0 Å². The molecule has 0 N–H and O–H groups in total. The van der Waals surface area contributed by atoms with E-state index in [4.69, 9.17) is 0 Å². The second kappa shape index (κ2) is 3.86. The molecule has 0 aromatic heterocycles. The van der Waals surface area contributed by atoms with Gasteiger partial charge in [0.25, 0.3) is 0 Å². The van der Waals surface area contributed by atoms with Crippen LogP contribution in [0.4, 0.5) is 0 Å². The molecule has 0 fully saturated rings. The zero-order valence-electron chi connectivity index (χ0n) is 9.28. The Kier molecular flexibility index (Phi) is 2.49. The molecule has 0 bridgehead atoms. The predicted molar refractivity (Wildman–Crippen MR) is 70.6 cm³/mol. The summed E-state index contributed by atoms with van der Waals surface area (Å²) in [5.41, 5.74) is 2.71. The minimum atomic E-state index is 1.34. The van der Waals surface area contributed by atoms with E-state index in [0.29, 0.717) is 0 Å². The van der Waals surface area contributed by atoms with Crippen LogP contribution < -0.4 is 0 Å². The Morgan fingerprint density at radius 3 is 2.56 bits per heavy atom. The Labute approximate surface area is 104 Å². The number of hydrogen-bond acceptors (Lipinski definition) is 2. The van der Waals surface area contributed by atoms with Crippen molar-refractivity contribution in [3.8, 4) is 0 Å². The first-order valence-electron chi connectivity index (χ1n) is 5.30. The molecule has 2 aromatic carbocycles. The van der Waals surface area contributed by atoms with Crippen LogP contribution in [0.1, 0.15) is 11.1 Å². The van der Waals surface area contributed by atoms with Crippen molar-refractivity contribution in [1.29, 1.82) is 0 Å². The molecule has 0 saturated heterocycles. The summed E-state index contributed by atoms with van der Waals surface area (Å²) in [6, 6.07) is 13.2. The Morgan fingerprint density at radius 1 is 0.812 bits per heavy atom. The summed E-state index contributed by atoms with van der Waals surface area (Å²) in [6.07, 6.45) is 0. The van der Waals surface area contributed by atoms with Crippen molar-refractivity contribution in [2.45, 2.75) is 33.4 Å². The number of hydrogen-bond donors (Lipinski definition) is 0. The third-order valence-corrected chi connectivity index (χ3v) is 5.41. The van der Waals surface area contributed by atoms with E-state index in [2.05, 4.69) is 50.2 Å². The van der Waals surface area contributed by atoms with Crippen molar-refractivity contribution in [3.05, 3.63) is 47.5 Å². The summed E-state index contributed by atoms with van der Waals surface area (Å²) >= 11 is 3.79. The molecule has 0 saturated carbocycles. The van der Waals surface area contributed by atoms with Crippen molar-refractivity contribution in [2.75, 3.05) is 0 Å². The van der Waals surface area contributed by atoms with Crippen molar-refractivity contribution < 1.29 is 0 Å². The van der Waals surface area contributed by atoms with Crippen LogP contribution in [-0.2, 0) is 0 Å². The molecule has 2 aromatic rings. The first-order chi connectivity index (χ1) is 7.74. The molecule has 1 aliphatic rings. The van der Waals surface area contributed by atoms with Gasteiger partial charge in [0.15, 0.2) is 0 Å². The van der Waals surface area contributed by atoms with Gasteiger partial charge in [-0.3, -0.25) is 0 Å². The van der Waals surface area contributed by atoms with Gasteiger partial charge in [0, 0.05) is 19.6 Å². The molecule has 0 aliphatic carbocycles. The van der Waals surface area contributed by atoms with Crippen LogP contribution in [0.25, 0.3) is 0 Å². The average molecular weight is 244 g/mol. The number of fused-ring (bicyclic) bond motifs is 2. The van der Waals surface area contributed by atoms with Crippen molar-refractivity contribution >= 4 is 23.5 Å². The Hall–Kier alpha value is -0.860. The van der Waals surface area contributed by atoms with Gasteiger partial charge in [-0.2, -0.15) is 0 Å². The molecule has 0 atom stereocenters. The fourth-order valence-electron chi connectivity index (χ4n) is 1.84. The molecule has 3 rings (SSSR count). The van der Waals surface area contributed by atoms with Crippen molar-refractivity contribution in [1.82, 2.24) is 0 Å². The second-order valence-electron chi connectivity index (χ2n) is 4.06. The summed E-state index contributed by atoms with van der Waals surface area (Å²) < 4.78 is 0. The summed E-state index contributed by atoms with van der Waals surface area (Å²) in [4.78, 5) is 5.59. The van der Waals surface area contributed by atoms with Gasteiger partial charge in [0.1, 0.15) is 0 Å². The standard InChI is InChI=1S/C14H12S2/c1-9-6-7-11-13(8-9)15-12-5-3-4-10(2)14(12)16-11/h3-8H,1-2H3. The molecule has 0 radical (unpaired) electrons. The van der Waals surface area contributed by atoms with Gasteiger partial charge in [0.2, 0.25) is 0 Å². The molecule has 80 valence electrons. The molecular formula is C14H12S2. The minimum absolute atomic E-state index is 1.34. The maximum Gasteiger partial charge on any atom is 0.0291 e. The minimum Gasteiger partial charge on any atom is -0.0877 e. The fourth-order valence-corrected chi connectivity index (χ4v) is 4.31.